The van der Waals surface area contributed by atoms with E-state index >= 15 is 0 Å². The second-order valence-corrected chi connectivity index (χ2v) is 7.76. The number of rotatable bonds is 5. The summed E-state index contributed by atoms with van der Waals surface area (Å²) in [7, 11) is 0. The van der Waals surface area contributed by atoms with Crippen LogP contribution in [-0.4, -0.2) is 17.4 Å². The van der Waals surface area contributed by atoms with Gasteiger partial charge in [-0.2, -0.15) is 0 Å². The first-order valence-corrected chi connectivity index (χ1v) is 10.5. The van der Waals surface area contributed by atoms with Crippen LogP contribution in [0.1, 0.15) is 40.9 Å². The van der Waals surface area contributed by atoms with Crippen molar-refractivity contribution >= 4 is 18.6 Å². The number of nitrogens with zero attached hydrogens (tertiary/aromatic N) is 1. The van der Waals surface area contributed by atoms with Crippen LogP contribution >= 0.6 is 0 Å². The monoisotopic (exact) mass is 393 g/mol. The van der Waals surface area contributed by atoms with Gasteiger partial charge in [0.2, 0.25) is 0 Å². The number of hydrogen-bond acceptors (Lipinski definition) is 1. The van der Waals surface area contributed by atoms with E-state index in [2.05, 4.69) is 49.1 Å². The largest absolute Gasteiger partial charge is 0.327 e. The van der Waals surface area contributed by atoms with Crippen molar-refractivity contribution in [2.45, 2.75) is 25.8 Å². The molecule has 0 radical (unpaired) electrons. The van der Waals surface area contributed by atoms with Gasteiger partial charge in [0.25, 0.3) is 5.91 Å². The molecule has 0 aromatic heterocycles. The Bertz CT molecular complexity index is 1180. The van der Waals surface area contributed by atoms with Crippen LogP contribution in [0.5, 0.6) is 0 Å². The molecule has 3 aromatic rings. The molecular weight excluding hydrogens is 366 g/mol. The molecule has 1 atom stereocenters. The zero-order chi connectivity index (χ0) is 20.9. The minimum atomic E-state index is 0.0768. The lowest BCUT2D eigenvalue weighted by Gasteiger charge is -2.30. The van der Waals surface area contributed by atoms with E-state index in [9.17, 15) is 4.79 Å². The van der Waals surface area contributed by atoms with E-state index in [0.717, 1.165) is 34.4 Å². The van der Waals surface area contributed by atoms with Crippen molar-refractivity contribution in [1.29, 1.82) is 0 Å². The zero-order valence-corrected chi connectivity index (χ0v) is 17.4. The smallest absolute Gasteiger partial charge is 0.254 e. The van der Waals surface area contributed by atoms with Gasteiger partial charge in [0, 0.05) is 12.1 Å². The normalized spacial score (nSPS) is 16.4. The second kappa shape index (κ2) is 8.96. The van der Waals surface area contributed by atoms with Gasteiger partial charge in [0.1, 0.15) is 0 Å². The van der Waals surface area contributed by atoms with E-state index in [1.165, 1.54) is 11.1 Å². The predicted molar refractivity (Wildman–Crippen MR) is 124 cm³/mol. The molecule has 2 heteroatoms. The Morgan fingerprint density at radius 2 is 1.70 bits per heavy atom. The van der Waals surface area contributed by atoms with Crippen LogP contribution in [0.4, 0.5) is 0 Å². The van der Waals surface area contributed by atoms with Crippen LogP contribution in [-0.2, 0) is 6.42 Å². The first-order chi connectivity index (χ1) is 14.7. The molecule has 0 aliphatic heterocycles. The highest BCUT2D eigenvalue weighted by Gasteiger charge is 2.31. The van der Waals surface area contributed by atoms with Crippen LogP contribution in [0.25, 0.3) is 12.7 Å². The predicted octanol–water partition coefficient (Wildman–Crippen LogP) is 4.65. The molecule has 4 rings (SSSR count). The van der Waals surface area contributed by atoms with Gasteiger partial charge in [0.05, 0.1) is 6.04 Å². The molecular formula is C28H27NO. The molecule has 3 aromatic carbocycles. The molecule has 0 heterocycles. The van der Waals surface area contributed by atoms with Gasteiger partial charge in [-0.15, -0.1) is 0 Å². The number of fused-ring (bicyclic) bond motifs is 1. The summed E-state index contributed by atoms with van der Waals surface area (Å²) in [6.07, 6.45) is 6.21. The maximum Gasteiger partial charge on any atom is 0.254 e. The molecule has 1 unspecified atom stereocenters. The first kappa shape index (κ1) is 19.9. The topological polar surface area (TPSA) is 20.3 Å². The molecule has 0 spiro atoms. The van der Waals surface area contributed by atoms with Gasteiger partial charge in [-0.05, 0) is 65.1 Å². The quantitative estimate of drug-likeness (QED) is 0.618. The summed E-state index contributed by atoms with van der Waals surface area (Å²) in [5.41, 5.74) is 4.46. The molecule has 1 amide bonds. The number of hydrogen-bond donors (Lipinski definition) is 0. The first-order valence-electron chi connectivity index (χ1n) is 10.5. The minimum absolute atomic E-state index is 0.0768. The standard InChI is InChI=1S/C28H27NO/c1-3-22(19-25-15-8-7-11-21(25)2)20-29(28(30)24-13-5-4-6-14-24)27-18-17-23-12-9-10-16-26(23)27/h3-16,19,27H,2,17-18,20H2,1H3/b22-3+,25-19-. The maximum absolute atomic E-state index is 13.6. The van der Waals surface area contributed by atoms with Crippen LogP contribution < -0.4 is 10.4 Å². The van der Waals surface area contributed by atoms with E-state index in [-0.39, 0.29) is 11.9 Å². The van der Waals surface area contributed by atoms with E-state index in [4.69, 9.17) is 0 Å². The van der Waals surface area contributed by atoms with Gasteiger partial charge in [-0.1, -0.05) is 79.4 Å². The Labute approximate surface area is 178 Å². The Morgan fingerprint density at radius 3 is 2.47 bits per heavy atom. The third-order valence-electron chi connectivity index (χ3n) is 5.88. The Kier molecular flexibility index (Phi) is 5.94. The summed E-state index contributed by atoms with van der Waals surface area (Å²) in [6, 6.07) is 26.3. The molecule has 0 N–H and O–H groups in total. The number of amides is 1. The summed E-state index contributed by atoms with van der Waals surface area (Å²) in [6.45, 7) is 6.74. The SMILES string of the molecule is C=c1cccc/c1=C/C(=C\C)CN(C(=O)c1ccccc1)C1CCc2ccccc21. The van der Waals surface area contributed by atoms with E-state index in [0.29, 0.717) is 6.54 Å². The van der Waals surface area contributed by atoms with Crippen molar-refractivity contribution in [3.8, 4) is 0 Å². The van der Waals surface area contributed by atoms with Gasteiger partial charge < -0.3 is 4.90 Å². The summed E-state index contributed by atoms with van der Waals surface area (Å²) in [5.74, 6) is 0.0768. The van der Waals surface area contributed by atoms with Crippen molar-refractivity contribution in [1.82, 2.24) is 4.90 Å². The van der Waals surface area contributed by atoms with Gasteiger partial charge >= 0.3 is 0 Å². The Balaban J connectivity index is 1.73. The summed E-state index contributed by atoms with van der Waals surface area (Å²) >= 11 is 0. The van der Waals surface area contributed by atoms with Crippen molar-refractivity contribution in [2.24, 2.45) is 0 Å². The average molecular weight is 394 g/mol. The van der Waals surface area contributed by atoms with E-state index in [1.54, 1.807) is 0 Å². The van der Waals surface area contributed by atoms with Crippen molar-refractivity contribution in [3.63, 3.8) is 0 Å². The average Bonchev–Trinajstić information content (AvgIpc) is 3.22. The summed E-state index contributed by atoms with van der Waals surface area (Å²) in [4.78, 5) is 15.6. The third kappa shape index (κ3) is 4.13. The third-order valence-corrected chi connectivity index (χ3v) is 5.88. The van der Waals surface area contributed by atoms with Crippen LogP contribution in [0.15, 0.2) is 90.5 Å². The molecule has 0 saturated carbocycles. The highest BCUT2D eigenvalue weighted by Crippen LogP contribution is 2.36. The number of benzene rings is 3. The molecule has 0 fully saturated rings. The molecule has 2 nitrogen and oxygen atoms in total. The van der Waals surface area contributed by atoms with Gasteiger partial charge in [-0.25, -0.2) is 0 Å². The fourth-order valence-electron chi connectivity index (χ4n) is 4.22. The van der Waals surface area contributed by atoms with Gasteiger partial charge in [-0.3, -0.25) is 4.79 Å². The summed E-state index contributed by atoms with van der Waals surface area (Å²) in [5, 5.41) is 2.08. The minimum Gasteiger partial charge on any atom is -0.327 e. The second-order valence-electron chi connectivity index (χ2n) is 7.76. The van der Waals surface area contributed by atoms with E-state index < -0.39 is 0 Å². The lowest BCUT2D eigenvalue weighted by molar-refractivity contribution is 0.0698. The van der Waals surface area contributed by atoms with Gasteiger partial charge in [0.15, 0.2) is 0 Å². The number of carbonyl (C=O) groups is 1. The van der Waals surface area contributed by atoms with Crippen molar-refractivity contribution < 1.29 is 4.79 Å². The number of carbonyl (C=O) groups excluding carboxylic acids is 1. The van der Waals surface area contributed by atoms with Crippen LogP contribution in [0, 0.1) is 0 Å². The highest BCUT2D eigenvalue weighted by atomic mass is 16.2. The molecule has 30 heavy (non-hydrogen) atoms. The van der Waals surface area contributed by atoms with Crippen LogP contribution in [0.2, 0.25) is 0 Å². The molecule has 0 bridgehead atoms. The lowest BCUT2D eigenvalue weighted by atomic mass is 10.0. The van der Waals surface area contributed by atoms with Crippen molar-refractivity contribution in [3.05, 3.63) is 118 Å². The molecule has 1 aliphatic rings. The maximum atomic E-state index is 13.6. The molecule has 1 aliphatic carbocycles. The number of aryl methyl sites for hydroxylation is 1. The van der Waals surface area contributed by atoms with Crippen molar-refractivity contribution in [2.75, 3.05) is 6.54 Å². The fraction of sp³-hybridized carbons (Fsp3) is 0.179. The summed E-state index contributed by atoms with van der Waals surface area (Å²) < 4.78 is 0. The highest BCUT2D eigenvalue weighted by molar-refractivity contribution is 5.94. The fourth-order valence-corrected chi connectivity index (χ4v) is 4.22. The Hall–Kier alpha value is -3.39. The van der Waals surface area contributed by atoms with Crippen LogP contribution in [0.3, 0.4) is 0 Å². The zero-order valence-electron chi connectivity index (χ0n) is 17.4. The molecule has 0 saturated heterocycles. The Morgan fingerprint density at radius 1 is 1.00 bits per heavy atom. The lowest BCUT2D eigenvalue weighted by Crippen LogP contribution is -2.36. The number of allylic oxidation sites excluding steroid dienone is 1. The van der Waals surface area contributed by atoms with E-state index in [1.807, 2.05) is 60.4 Å². The molecule has 150 valence electrons.